The van der Waals surface area contributed by atoms with Gasteiger partial charge in [-0.15, -0.1) is 0 Å². The molecule has 0 amide bonds. The molecule has 0 unspecified atom stereocenters. The van der Waals surface area contributed by atoms with Crippen molar-refractivity contribution in [1.82, 2.24) is 0 Å². The van der Waals surface area contributed by atoms with Gasteiger partial charge in [0.25, 0.3) is 0 Å². The van der Waals surface area contributed by atoms with Crippen molar-refractivity contribution in [3.63, 3.8) is 0 Å². The average molecular weight is 334 g/mol. The largest absolute Gasteiger partial charge is 0.457 e. The van der Waals surface area contributed by atoms with Crippen LogP contribution in [0.3, 0.4) is 0 Å². The number of hydrogen-bond acceptors (Lipinski definition) is 1. The summed E-state index contributed by atoms with van der Waals surface area (Å²) in [5.74, 6) is -0.829. The molecule has 0 radical (unpaired) electrons. The summed E-state index contributed by atoms with van der Waals surface area (Å²) in [6.07, 6.45) is -9.27. The number of aryl methyl sites for hydroxylation is 2. The summed E-state index contributed by atoms with van der Waals surface area (Å²) in [6.45, 7) is 2.97. The van der Waals surface area contributed by atoms with E-state index in [1.54, 1.807) is 6.92 Å². The third kappa shape index (κ3) is 4.18. The smallest absolute Gasteiger partial charge is 0.419 e. The molecule has 2 rings (SSSR count). The molecule has 0 saturated carbocycles. The molecule has 0 aliphatic rings. The fourth-order valence-electron chi connectivity index (χ4n) is 2.05. The average Bonchev–Trinajstić information content (AvgIpc) is 2.35. The molecular weight excluding hydrogens is 322 g/mol. The molecular formula is C16H12F6O. The molecule has 2 aromatic rings. The summed E-state index contributed by atoms with van der Waals surface area (Å²) in [4.78, 5) is 0. The van der Waals surface area contributed by atoms with Crippen molar-refractivity contribution in [3.05, 3.63) is 58.7 Å². The number of alkyl halides is 6. The van der Waals surface area contributed by atoms with Gasteiger partial charge in [0.05, 0.1) is 11.1 Å². The molecule has 0 N–H and O–H groups in total. The Morgan fingerprint density at radius 2 is 1.39 bits per heavy atom. The Morgan fingerprint density at radius 1 is 0.739 bits per heavy atom. The van der Waals surface area contributed by atoms with E-state index >= 15 is 0 Å². The summed E-state index contributed by atoms with van der Waals surface area (Å²) in [6, 6.07) is 6.05. The Hall–Kier alpha value is -2.18. The van der Waals surface area contributed by atoms with Crippen molar-refractivity contribution in [2.24, 2.45) is 0 Å². The number of benzene rings is 2. The molecule has 0 aromatic heterocycles. The van der Waals surface area contributed by atoms with E-state index in [0.29, 0.717) is 11.6 Å². The van der Waals surface area contributed by atoms with Crippen molar-refractivity contribution in [1.29, 1.82) is 0 Å². The Balaban J connectivity index is 2.48. The van der Waals surface area contributed by atoms with Crippen LogP contribution in [-0.2, 0) is 12.4 Å². The van der Waals surface area contributed by atoms with Crippen molar-refractivity contribution in [2.45, 2.75) is 26.2 Å². The lowest BCUT2D eigenvalue weighted by Crippen LogP contribution is -2.08. The molecule has 1 nitrogen and oxygen atoms in total. The second kappa shape index (κ2) is 5.79. The van der Waals surface area contributed by atoms with Crippen LogP contribution in [0.4, 0.5) is 26.3 Å². The third-order valence-corrected chi connectivity index (χ3v) is 3.05. The topological polar surface area (TPSA) is 9.23 Å². The summed E-state index contributed by atoms with van der Waals surface area (Å²) in [5, 5.41) is 0. The molecule has 23 heavy (non-hydrogen) atoms. The van der Waals surface area contributed by atoms with Crippen LogP contribution in [0.5, 0.6) is 11.5 Å². The van der Waals surface area contributed by atoms with Gasteiger partial charge in [-0.25, -0.2) is 0 Å². The maximum atomic E-state index is 13.0. The quantitative estimate of drug-likeness (QED) is 0.600. The minimum Gasteiger partial charge on any atom is -0.457 e. The Labute approximate surface area is 128 Å². The summed E-state index contributed by atoms with van der Waals surface area (Å²) < 4.78 is 82.4. The normalized spacial score (nSPS) is 12.3. The summed E-state index contributed by atoms with van der Waals surface area (Å²) in [5.41, 5.74) is -1.29. The van der Waals surface area contributed by atoms with Crippen LogP contribution in [0.1, 0.15) is 22.3 Å². The van der Waals surface area contributed by atoms with Gasteiger partial charge >= 0.3 is 12.4 Å². The van der Waals surface area contributed by atoms with Gasteiger partial charge in [0, 0.05) is 0 Å². The van der Waals surface area contributed by atoms with Gasteiger partial charge in [0.15, 0.2) is 0 Å². The van der Waals surface area contributed by atoms with Crippen molar-refractivity contribution >= 4 is 0 Å². The first-order chi connectivity index (χ1) is 10.5. The van der Waals surface area contributed by atoms with Crippen molar-refractivity contribution in [2.75, 3.05) is 0 Å². The number of hydrogen-bond donors (Lipinski definition) is 0. The van der Waals surface area contributed by atoms with Gasteiger partial charge in [-0.05, 0) is 55.3 Å². The lowest BCUT2D eigenvalue weighted by molar-refractivity contribution is -0.139. The number of ether oxygens (including phenoxy) is 1. The first kappa shape index (κ1) is 17.2. The zero-order valence-electron chi connectivity index (χ0n) is 12.1. The maximum absolute atomic E-state index is 13.0. The van der Waals surface area contributed by atoms with Gasteiger partial charge in [-0.3, -0.25) is 0 Å². The highest BCUT2D eigenvalue weighted by Crippen LogP contribution is 2.40. The van der Waals surface area contributed by atoms with Crippen LogP contribution >= 0.6 is 0 Å². The minimum atomic E-state index is -4.67. The van der Waals surface area contributed by atoms with E-state index in [9.17, 15) is 26.3 Å². The van der Waals surface area contributed by atoms with Crippen molar-refractivity contribution < 1.29 is 31.1 Å². The monoisotopic (exact) mass is 334 g/mol. The Morgan fingerprint density at radius 3 is 1.96 bits per heavy atom. The van der Waals surface area contributed by atoms with E-state index in [1.165, 1.54) is 19.1 Å². The lowest BCUT2D eigenvalue weighted by atomic mass is 10.1. The van der Waals surface area contributed by atoms with Gasteiger partial charge in [0.1, 0.15) is 11.5 Å². The van der Waals surface area contributed by atoms with Crippen molar-refractivity contribution in [3.8, 4) is 11.5 Å². The molecule has 0 aliphatic heterocycles. The highest BCUT2D eigenvalue weighted by molar-refractivity contribution is 5.44. The summed E-state index contributed by atoms with van der Waals surface area (Å²) in [7, 11) is 0. The molecule has 0 bridgehead atoms. The Kier molecular flexibility index (Phi) is 4.32. The molecule has 0 aliphatic carbocycles. The van der Waals surface area contributed by atoms with Gasteiger partial charge in [-0.2, -0.15) is 26.3 Å². The Bertz CT molecular complexity index is 715. The first-order valence-electron chi connectivity index (χ1n) is 6.51. The van der Waals surface area contributed by atoms with Crippen LogP contribution in [0.25, 0.3) is 0 Å². The van der Waals surface area contributed by atoms with Gasteiger partial charge in [-0.1, -0.05) is 6.07 Å². The standard InChI is InChI=1S/C16H12F6O/c1-9-3-4-13(16(20,21)22)14(7-9)23-12-6-10(2)5-11(8-12)15(17,18)19/h3-8H,1-2H3. The van der Waals surface area contributed by atoms with Gasteiger partial charge < -0.3 is 4.74 Å². The lowest BCUT2D eigenvalue weighted by Gasteiger charge is -2.16. The zero-order chi connectivity index (χ0) is 17.4. The first-order valence-corrected chi connectivity index (χ1v) is 6.51. The molecule has 124 valence electrons. The van der Waals surface area contributed by atoms with Crippen LogP contribution in [-0.4, -0.2) is 0 Å². The molecule has 7 heteroatoms. The van der Waals surface area contributed by atoms with Crippen LogP contribution in [0.15, 0.2) is 36.4 Å². The number of rotatable bonds is 2. The molecule has 0 heterocycles. The molecule has 0 fully saturated rings. The van der Waals surface area contributed by atoms with Crippen LogP contribution in [0.2, 0.25) is 0 Å². The molecule has 0 saturated heterocycles. The fraction of sp³-hybridized carbons (Fsp3) is 0.250. The summed E-state index contributed by atoms with van der Waals surface area (Å²) >= 11 is 0. The molecule has 0 spiro atoms. The third-order valence-electron chi connectivity index (χ3n) is 3.05. The van der Waals surface area contributed by atoms with E-state index in [-0.39, 0.29) is 11.3 Å². The van der Waals surface area contributed by atoms with Gasteiger partial charge in [0.2, 0.25) is 0 Å². The number of halogens is 6. The predicted molar refractivity (Wildman–Crippen MR) is 72.4 cm³/mol. The highest BCUT2D eigenvalue weighted by atomic mass is 19.4. The van der Waals surface area contributed by atoms with E-state index in [4.69, 9.17) is 4.74 Å². The maximum Gasteiger partial charge on any atom is 0.419 e. The predicted octanol–water partition coefficient (Wildman–Crippen LogP) is 6.13. The van der Waals surface area contributed by atoms with E-state index in [2.05, 4.69) is 0 Å². The van der Waals surface area contributed by atoms with Crippen LogP contribution in [0, 0.1) is 13.8 Å². The van der Waals surface area contributed by atoms with E-state index in [1.807, 2.05) is 0 Å². The van der Waals surface area contributed by atoms with E-state index < -0.39 is 29.2 Å². The second-order valence-electron chi connectivity index (χ2n) is 5.13. The zero-order valence-corrected chi connectivity index (χ0v) is 12.1. The SMILES string of the molecule is Cc1cc(Oc2cc(C)ccc2C(F)(F)F)cc(C(F)(F)F)c1. The molecule has 0 atom stereocenters. The van der Waals surface area contributed by atoms with Crippen LogP contribution < -0.4 is 4.74 Å². The minimum absolute atomic E-state index is 0.232. The fourth-order valence-corrected chi connectivity index (χ4v) is 2.05. The molecule has 2 aromatic carbocycles. The second-order valence-corrected chi connectivity index (χ2v) is 5.13. The highest BCUT2D eigenvalue weighted by Gasteiger charge is 2.35. The van der Waals surface area contributed by atoms with E-state index in [0.717, 1.165) is 18.2 Å².